The maximum absolute atomic E-state index is 14.1. The first-order valence-corrected chi connectivity index (χ1v) is 15.5. The van der Waals surface area contributed by atoms with Crippen LogP contribution in [-0.2, 0) is 19.2 Å². The fourth-order valence-electron chi connectivity index (χ4n) is 7.03. The van der Waals surface area contributed by atoms with Gasteiger partial charge in [0.2, 0.25) is 23.6 Å². The Morgan fingerprint density at radius 1 is 1.24 bits per heavy atom. The third kappa shape index (κ3) is 5.67. The summed E-state index contributed by atoms with van der Waals surface area (Å²) in [6, 6.07) is 4.48. The number of carbonyl (C=O) groups is 4. The van der Waals surface area contributed by atoms with Crippen LogP contribution in [-0.4, -0.2) is 59.7 Å². The van der Waals surface area contributed by atoms with E-state index in [-0.39, 0.29) is 65.0 Å². The largest absolute Gasteiger partial charge is 0.356 e. The number of fused-ring (bicyclic) bond motifs is 1. The van der Waals surface area contributed by atoms with E-state index >= 15 is 0 Å². The van der Waals surface area contributed by atoms with Gasteiger partial charge in [0, 0.05) is 24.9 Å². The van der Waals surface area contributed by atoms with Crippen LogP contribution >= 0.6 is 15.9 Å². The molecule has 11 heteroatoms. The zero-order valence-corrected chi connectivity index (χ0v) is 26.3. The van der Waals surface area contributed by atoms with Crippen molar-refractivity contribution in [3.05, 3.63) is 34.1 Å². The lowest BCUT2D eigenvalue weighted by atomic mass is 9.85. The fraction of sp³-hybridized carbons (Fsp3) is 0.645. The van der Waals surface area contributed by atoms with Crippen LogP contribution in [0.15, 0.2) is 22.7 Å². The average Bonchev–Trinajstić information content (AvgIpc) is 3.67. The molecule has 42 heavy (non-hydrogen) atoms. The number of likely N-dealkylation sites (tertiary alicyclic amines) is 1. The van der Waals surface area contributed by atoms with Gasteiger partial charge in [-0.1, -0.05) is 40.7 Å². The molecule has 9 nitrogen and oxygen atoms in total. The SMILES string of the molecule is CC(C)(C)C(NC(=O)C1CC1c1ccc(Br)c(F)c1)C(=O)N1CC2C(C1C(=O)NC(C#N)CC1CCNC1=O)C2(C)C. The number of halogens is 2. The monoisotopic (exact) mass is 643 g/mol. The predicted molar refractivity (Wildman–Crippen MR) is 156 cm³/mol. The minimum atomic E-state index is -0.877. The van der Waals surface area contributed by atoms with Crippen molar-refractivity contribution in [3.63, 3.8) is 0 Å². The first kappa shape index (κ1) is 30.5. The van der Waals surface area contributed by atoms with Crippen LogP contribution in [0.25, 0.3) is 0 Å². The lowest BCUT2D eigenvalue weighted by molar-refractivity contribution is -0.145. The number of carbonyl (C=O) groups excluding carboxylic acids is 4. The topological polar surface area (TPSA) is 131 Å². The van der Waals surface area contributed by atoms with Gasteiger partial charge in [-0.15, -0.1) is 0 Å². The molecule has 1 aromatic carbocycles. The number of amides is 4. The molecule has 2 saturated carbocycles. The second-order valence-corrected chi connectivity index (χ2v) is 14.9. The van der Waals surface area contributed by atoms with Gasteiger partial charge in [0.05, 0.1) is 10.5 Å². The van der Waals surface area contributed by atoms with Crippen molar-refractivity contribution < 1.29 is 23.6 Å². The molecule has 0 aromatic heterocycles. The Bertz CT molecular complexity index is 1350. The van der Waals surface area contributed by atoms with Crippen molar-refractivity contribution in [3.8, 4) is 6.07 Å². The van der Waals surface area contributed by atoms with E-state index in [1.807, 2.05) is 20.8 Å². The number of nitrogens with one attached hydrogen (secondary N) is 3. The van der Waals surface area contributed by atoms with Gasteiger partial charge >= 0.3 is 0 Å². The number of hydrogen-bond acceptors (Lipinski definition) is 5. The van der Waals surface area contributed by atoms with E-state index in [4.69, 9.17) is 0 Å². The molecule has 4 amide bonds. The van der Waals surface area contributed by atoms with Crippen LogP contribution in [0.3, 0.4) is 0 Å². The maximum atomic E-state index is 14.1. The molecule has 0 bridgehead atoms. The van der Waals surface area contributed by atoms with Crippen molar-refractivity contribution in [2.75, 3.05) is 13.1 Å². The first-order valence-electron chi connectivity index (χ1n) is 14.7. The zero-order chi connectivity index (χ0) is 30.7. The second kappa shape index (κ2) is 10.9. The summed E-state index contributed by atoms with van der Waals surface area (Å²) < 4.78 is 14.4. The van der Waals surface area contributed by atoms with E-state index in [9.17, 15) is 28.8 Å². The summed E-state index contributed by atoms with van der Waals surface area (Å²) in [5.41, 5.74) is -0.0291. The smallest absolute Gasteiger partial charge is 0.246 e. The average molecular weight is 645 g/mol. The van der Waals surface area contributed by atoms with E-state index < -0.39 is 29.4 Å². The predicted octanol–water partition coefficient (Wildman–Crippen LogP) is 3.24. The van der Waals surface area contributed by atoms with Crippen LogP contribution in [0.4, 0.5) is 4.39 Å². The van der Waals surface area contributed by atoms with E-state index in [2.05, 4.69) is 51.8 Å². The maximum Gasteiger partial charge on any atom is 0.246 e. The van der Waals surface area contributed by atoms with Gasteiger partial charge < -0.3 is 20.9 Å². The number of hydrogen-bond donors (Lipinski definition) is 3. The lowest BCUT2D eigenvalue weighted by Gasteiger charge is -2.38. The van der Waals surface area contributed by atoms with Gasteiger partial charge in [-0.25, -0.2) is 4.39 Å². The Labute approximate surface area is 254 Å². The van der Waals surface area contributed by atoms with Gasteiger partial charge in [-0.2, -0.15) is 5.26 Å². The van der Waals surface area contributed by atoms with Crippen LogP contribution in [0, 0.1) is 51.6 Å². The number of rotatable bonds is 8. The van der Waals surface area contributed by atoms with Crippen LogP contribution in [0.5, 0.6) is 0 Å². The van der Waals surface area contributed by atoms with Gasteiger partial charge in [0.25, 0.3) is 0 Å². The van der Waals surface area contributed by atoms with Crippen molar-refractivity contribution in [2.24, 2.45) is 34.5 Å². The number of benzene rings is 1. The molecule has 0 radical (unpaired) electrons. The Kier molecular flexibility index (Phi) is 7.92. The Hall–Kier alpha value is -3.00. The van der Waals surface area contributed by atoms with Crippen LogP contribution in [0.1, 0.15) is 65.4 Å². The van der Waals surface area contributed by atoms with E-state index in [0.29, 0.717) is 30.4 Å². The summed E-state index contributed by atoms with van der Waals surface area (Å²) in [5.74, 6) is -2.22. The van der Waals surface area contributed by atoms with Crippen molar-refractivity contribution >= 4 is 39.6 Å². The van der Waals surface area contributed by atoms with Gasteiger partial charge in [-0.05, 0) is 81.5 Å². The highest BCUT2D eigenvalue weighted by Crippen LogP contribution is 2.65. The van der Waals surface area contributed by atoms with Crippen LogP contribution < -0.4 is 16.0 Å². The summed E-state index contributed by atoms with van der Waals surface area (Å²) >= 11 is 3.16. The molecule has 2 saturated heterocycles. The van der Waals surface area contributed by atoms with Gasteiger partial charge in [0.1, 0.15) is 23.9 Å². The molecule has 8 unspecified atom stereocenters. The van der Waals surface area contributed by atoms with E-state index in [1.165, 1.54) is 6.07 Å². The summed E-state index contributed by atoms with van der Waals surface area (Å²) in [4.78, 5) is 54.8. The molecule has 1 aromatic rings. The zero-order valence-electron chi connectivity index (χ0n) is 24.7. The summed E-state index contributed by atoms with van der Waals surface area (Å²) in [6.45, 7) is 10.7. The minimum Gasteiger partial charge on any atom is -0.356 e. The Morgan fingerprint density at radius 2 is 1.95 bits per heavy atom. The number of nitrogens with zero attached hydrogens (tertiary/aromatic N) is 2. The van der Waals surface area contributed by atoms with E-state index in [1.54, 1.807) is 17.0 Å². The number of nitriles is 1. The second-order valence-electron chi connectivity index (χ2n) is 14.0. The first-order chi connectivity index (χ1) is 19.6. The molecule has 3 N–H and O–H groups in total. The highest BCUT2D eigenvalue weighted by molar-refractivity contribution is 9.10. The molecule has 2 aliphatic heterocycles. The van der Waals surface area contributed by atoms with Crippen molar-refractivity contribution in [1.29, 1.82) is 5.26 Å². The molecular formula is C31H39BrFN5O4. The minimum absolute atomic E-state index is 0.0630. The lowest BCUT2D eigenvalue weighted by Crippen LogP contribution is -2.60. The third-order valence-electron chi connectivity index (χ3n) is 9.81. The molecule has 4 aliphatic rings. The molecule has 5 rings (SSSR count). The molecule has 2 heterocycles. The Balaban J connectivity index is 1.30. The summed E-state index contributed by atoms with van der Waals surface area (Å²) in [7, 11) is 0. The quantitative estimate of drug-likeness (QED) is 0.400. The molecular weight excluding hydrogens is 605 g/mol. The highest BCUT2D eigenvalue weighted by atomic mass is 79.9. The molecule has 2 aliphatic carbocycles. The highest BCUT2D eigenvalue weighted by Gasteiger charge is 2.70. The van der Waals surface area contributed by atoms with Crippen molar-refractivity contribution in [2.45, 2.75) is 77.9 Å². The van der Waals surface area contributed by atoms with Gasteiger partial charge in [-0.3, -0.25) is 19.2 Å². The molecule has 226 valence electrons. The van der Waals surface area contributed by atoms with Crippen molar-refractivity contribution in [1.82, 2.24) is 20.9 Å². The summed E-state index contributed by atoms with van der Waals surface area (Å²) in [6.07, 6.45) is 1.40. The molecule has 0 spiro atoms. The standard InChI is InChI=1S/C31H39BrFN5O4/c1-30(2,3)25(37-27(40)19-12-18(19)15-6-7-21(32)22(33)11-15)29(42)38-14-20-23(31(20,4)5)24(38)28(41)36-17(13-34)10-16-8-9-35-26(16)39/h6-7,11,16-20,23-25H,8-10,12,14H2,1-5H3,(H,35,39)(H,36,41)(H,37,40). The molecule has 8 atom stereocenters. The molecule has 4 fully saturated rings. The summed E-state index contributed by atoms with van der Waals surface area (Å²) in [5, 5.41) is 18.3. The van der Waals surface area contributed by atoms with Crippen LogP contribution in [0.2, 0.25) is 0 Å². The number of piperidine rings is 1. The van der Waals surface area contributed by atoms with Gasteiger partial charge in [0.15, 0.2) is 0 Å². The van der Waals surface area contributed by atoms with E-state index in [0.717, 1.165) is 5.56 Å². The fourth-order valence-corrected chi connectivity index (χ4v) is 7.28. The third-order valence-corrected chi connectivity index (χ3v) is 10.5. The normalized spacial score (nSPS) is 30.4. The Morgan fingerprint density at radius 3 is 2.55 bits per heavy atom.